The third kappa shape index (κ3) is 2.89. The maximum Gasteiger partial charge on any atom is 0.307 e. The SMILES string of the molecule is CCc1ccccc1-n1c2ccccc2c2c(C)cc(CC(=O)O)c(SC)c21. The van der Waals surface area contributed by atoms with E-state index in [4.69, 9.17) is 0 Å². The fourth-order valence-electron chi connectivity index (χ4n) is 4.21. The summed E-state index contributed by atoms with van der Waals surface area (Å²) in [5, 5.41) is 11.9. The monoisotopic (exact) mass is 389 g/mol. The first-order chi connectivity index (χ1) is 13.6. The molecule has 0 saturated carbocycles. The number of carboxylic acid groups (broad SMARTS) is 1. The summed E-state index contributed by atoms with van der Waals surface area (Å²) in [5.41, 5.74) is 6.71. The summed E-state index contributed by atoms with van der Waals surface area (Å²) in [5.74, 6) is -0.800. The summed E-state index contributed by atoms with van der Waals surface area (Å²) in [6.45, 7) is 4.25. The Bertz CT molecular complexity index is 1210. The fourth-order valence-corrected chi connectivity index (χ4v) is 4.99. The first-order valence-electron chi connectivity index (χ1n) is 9.46. The molecule has 142 valence electrons. The Morgan fingerprint density at radius 3 is 2.50 bits per heavy atom. The number of carboxylic acids is 1. The molecule has 0 atom stereocenters. The van der Waals surface area contributed by atoms with Crippen LogP contribution < -0.4 is 0 Å². The van der Waals surface area contributed by atoms with Gasteiger partial charge in [0.2, 0.25) is 0 Å². The van der Waals surface area contributed by atoms with Crippen LogP contribution in [0.25, 0.3) is 27.5 Å². The van der Waals surface area contributed by atoms with Gasteiger partial charge in [-0.05, 0) is 48.4 Å². The molecule has 0 fully saturated rings. The van der Waals surface area contributed by atoms with Crippen molar-refractivity contribution in [3.63, 3.8) is 0 Å². The molecule has 0 amide bonds. The zero-order chi connectivity index (χ0) is 19.8. The van der Waals surface area contributed by atoms with Crippen LogP contribution in [0.15, 0.2) is 59.5 Å². The zero-order valence-corrected chi connectivity index (χ0v) is 17.1. The average Bonchev–Trinajstić information content (AvgIpc) is 3.03. The molecule has 0 aliphatic heterocycles. The van der Waals surface area contributed by atoms with Gasteiger partial charge in [0, 0.05) is 21.4 Å². The number of hydrogen-bond donors (Lipinski definition) is 1. The van der Waals surface area contributed by atoms with Crippen molar-refractivity contribution in [1.29, 1.82) is 0 Å². The van der Waals surface area contributed by atoms with Crippen LogP contribution in [0.5, 0.6) is 0 Å². The molecule has 4 aromatic rings. The minimum atomic E-state index is -0.800. The number of benzene rings is 3. The van der Waals surface area contributed by atoms with Crippen LogP contribution in [-0.2, 0) is 17.6 Å². The Morgan fingerprint density at radius 2 is 1.79 bits per heavy atom. The summed E-state index contributed by atoms with van der Waals surface area (Å²) in [7, 11) is 0. The molecule has 1 aromatic heterocycles. The Labute approximate surface area is 169 Å². The molecule has 0 saturated heterocycles. The van der Waals surface area contributed by atoms with Crippen LogP contribution in [0, 0.1) is 6.92 Å². The molecular formula is C24H23NO2S. The van der Waals surface area contributed by atoms with Gasteiger partial charge in [-0.2, -0.15) is 0 Å². The third-order valence-corrected chi connectivity index (χ3v) is 6.19. The Hall–Kier alpha value is -2.72. The smallest absolute Gasteiger partial charge is 0.307 e. The van der Waals surface area contributed by atoms with Crippen LogP contribution in [0.1, 0.15) is 23.6 Å². The van der Waals surface area contributed by atoms with E-state index in [2.05, 4.69) is 66.9 Å². The van der Waals surface area contributed by atoms with Gasteiger partial charge in [0.15, 0.2) is 0 Å². The first kappa shape index (κ1) is 18.6. The lowest BCUT2D eigenvalue weighted by molar-refractivity contribution is -0.136. The molecule has 4 heteroatoms. The van der Waals surface area contributed by atoms with Gasteiger partial charge >= 0.3 is 5.97 Å². The number of rotatable bonds is 5. The molecule has 1 heterocycles. The van der Waals surface area contributed by atoms with Gasteiger partial charge in [-0.25, -0.2) is 0 Å². The number of fused-ring (bicyclic) bond motifs is 3. The van der Waals surface area contributed by atoms with Gasteiger partial charge in [-0.15, -0.1) is 11.8 Å². The van der Waals surface area contributed by atoms with Crippen molar-refractivity contribution in [3.8, 4) is 5.69 Å². The van der Waals surface area contributed by atoms with Crippen molar-refractivity contribution in [2.75, 3.05) is 6.26 Å². The van der Waals surface area contributed by atoms with Crippen molar-refractivity contribution in [3.05, 3.63) is 71.3 Å². The molecule has 0 aliphatic carbocycles. The largest absolute Gasteiger partial charge is 0.481 e. The van der Waals surface area contributed by atoms with Crippen molar-refractivity contribution in [2.24, 2.45) is 0 Å². The summed E-state index contributed by atoms with van der Waals surface area (Å²) in [6.07, 6.45) is 3.00. The molecule has 3 aromatic carbocycles. The molecule has 3 nitrogen and oxygen atoms in total. The molecule has 0 spiro atoms. The maximum absolute atomic E-state index is 11.5. The van der Waals surface area contributed by atoms with Crippen LogP contribution in [0.2, 0.25) is 0 Å². The lowest BCUT2D eigenvalue weighted by atomic mass is 10.0. The van der Waals surface area contributed by atoms with Crippen LogP contribution >= 0.6 is 11.8 Å². The molecule has 28 heavy (non-hydrogen) atoms. The van der Waals surface area contributed by atoms with E-state index in [-0.39, 0.29) is 6.42 Å². The highest BCUT2D eigenvalue weighted by molar-refractivity contribution is 7.98. The minimum Gasteiger partial charge on any atom is -0.481 e. The van der Waals surface area contributed by atoms with Gasteiger partial charge in [0.05, 0.1) is 17.5 Å². The van der Waals surface area contributed by atoms with E-state index >= 15 is 0 Å². The highest BCUT2D eigenvalue weighted by Crippen LogP contribution is 2.41. The normalized spacial score (nSPS) is 11.4. The molecule has 0 aliphatic rings. The standard InChI is InChI=1S/C24H23NO2S/c1-4-16-9-5-7-11-19(16)25-20-12-8-6-10-18(20)22-15(2)13-17(14-21(26)27)24(28-3)23(22)25/h5-13H,4,14H2,1-3H3,(H,26,27). The number of aromatic nitrogens is 1. The third-order valence-electron chi connectivity index (χ3n) is 5.33. The van der Waals surface area contributed by atoms with Gasteiger partial charge < -0.3 is 9.67 Å². The second kappa shape index (κ2) is 7.36. The van der Waals surface area contributed by atoms with E-state index in [1.165, 1.54) is 22.0 Å². The predicted octanol–water partition coefficient (Wildman–Crippen LogP) is 6.00. The van der Waals surface area contributed by atoms with E-state index in [1.807, 2.05) is 12.3 Å². The number of thioether (sulfide) groups is 1. The Kier molecular flexibility index (Phi) is 4.90. The first-order valence-corrected chi connectivity index (χ1v) is 10.7. The highest BCUT2D eigenvalue weighted by atomic mass is 32.2. The van der Waals surface area contributed by atoms with Gasteiger partial charge in [0.25, 0.3) is 0 Å². The van der Waals surface area contributed by atoms with Crippen LogP contribution in [0.3, 0.4) is 0 Å². The van der Waals surface area contributed by atoms with E-state index in [0.717, 1.165) is 33.5 Å². The molecule has 0 bridgehead atoms. The number of carbonyl (C=O) groups is 1. The van der Waals surface area contributed by atoms with Crippen molar-refractivity contribution in [2.45, 2.75) is 31.6 Å². The fraction of sp³-hybridized carbons (Fsp3) is 0.208. The lowest BCUT2D eigenvalue weighted by Crippen LogP contribution is -2.05. The average molecular weight is 390 g/mol. The molecule has 4 rings (SSSR count). The number of para-hydroxylation sites is 2. The van der Waals surface area contributed by atoms with Crippen molar-refractivity contribution in [1.82, 2.24) is 4.57 Å². The molecule has 0 radical (unpaired) electrons. The summed E-state index contributed by atoms with van der Waals surface area (Å²) >= 11 is 1.63. The second-order valence-corrected chi connectivity index (χ2v) is 7.83. The van der Waals surface area contributed by atoms with Crippen LogP contribution in [-0.4, -0.2) is 21.9 Å². The van der Waals surface area contributed by atoms with Gasteiger partial charge in [0.1, 0.15) is 0 Å². The Morgan fingerprint density at radius 1 is 1.07 bits per heavy atom. The zero-order valence-electron chi connectivity index (χ0n) is 16.3. The molecule has 1 N–H and O–H groups in total. The second-order valence-electron chi connectivity index (χ2n) is 7.01. The summed E-state index contributed by atoms with van der Waals surface area (Å²) in [6, 6.07) is 19.0. The number of aliphatic carboxylic acids is 1. The predicted molar refractivity (Wildman–Crippen MR) is 118 cm³/mol. The number of nitrogens with zero attached hydrogens (tertiary/aromatic N) is 1. The molecular weight excluding hydrogens is 366 g/mol. The minimum absolute atomic E-state index is 0.0316. The van der Waals surface area contributed by atoms with E-state index in [9.17, 15) is 9.90 Å². The highest BCUT2D eigenvalue weighted by Gasteiger charge is 2.21. The Balaban J connectivity index is 2.24. The van der Waals surface area contributed by atoms with E-state index in [0.29, 0.717) is 0 Å². The summed E-state index contributed by atoms with van der Waals surface area (Å²) in [4.78, 5) is 12.5. The quantitative estimate of drug-likeness (QED) is 0.425. The van der Waals surface area contributed by atoms with Gasteiger partial charge in [-0.1, -0.05) is 49.4 Å². The van der Waals surface area contributed by atoms with Crippen molar-refractivity contribution >= 4 is 39.5 Å². The number of aryl methyl sites for hydroxylation is 2. The topological polar surface area (TPSA) is 42.2 Å². The van der Waals surface area contributed by atoms with E-state index < -0.39 is 5.97 Å². The molecule has 0 unspecified atom stereocenters. The van der Waals surface area contributed by atoms with Crippen molar-refractivity contribution < 1.29 is 9.90 Å². The maximum atomic E-state index is 11.5. The lowest BCUT2D eigenvalue weighted by Gasteiger charge is -2.16. The summed E-state index contributed by atoms with van der Waals surface area (Å²) < 4.78 is 2.33. The van der Waals surface area contributed by atoms with Crippen LogP contribution in [0.4, 0.5) is 0 Å². The van der Waals surface area contributed by atoms with Gasteiger partial charge in [-0.3, -0.25) is 4.79 Å². The van der Waals surface area contributed by atoms with E-state index in [1.54, 1.807) is 11.8 Å². The number of hydrogen-bond acceptors (Lipinski definition) is 2.